The number of nitrogens with one attached hydrogen (secondary N) is 1. The number of fused-ring (bicyclic) bond motifs is 1. The summed E-state index contributed by atoms with van der Waals surface area (Å²) in [6, 6.07) is 9.50. The Morgan fingerprint density at radius 2 is 1.90 bits per heavy atom. The number of hydrogen-bond donors (Lipinski definition) is 1. The molecule has 0 spiro atoms. The quantitative estimate of drug-likeness (QED) is 0.819. The molecule has 3 rings (SSSR count). The van der Waals surface area contributed by atoms with Gasteiger partial charge in [0, 0.05) is 34.2 Å². The number of aromatic nitrogens is 1. The second kappa shape index (κ2) is 5.31. The Hall–Kier alpha value is -1.77. The van der Waals surface area contributed by atoms with Gasteiger partial charge in [-0.15, -0.1) is 0 Å². The molecule has 1 aliphatic heterocycles. The standard InChI is InChI=1S/C17H23N3/c1-12-7-6-8-13(2)20(12)18-11-16-14(3)19-17-10-5-4-9-15(16)17/h4-5,9-13,19H,6-8H2,1-3H3/b18-11+/t12-,13-/m1/s1. The van der Waals surface area contributed by atoms with Gasteiger partial charge >= 0.3 is 0 Å². The molecule has 1 fully saturated rings. The summed E-state index contributed by atoms with van der Waals surface area (Å²) in [5.74, 6) is 0. The van der Waals surface area contributed by atoms with Crippen molar-refractivity contribution in [2.24, 2.45) is 5.10 Å². The van der Waals surface area contributed by atoms with Crippen LogP contribution in [-0.4, -0.2) is 28.3 Å². The fourth-order valence-corrected chi connectivity index (χ4v) is 3.22. The highest BCUT2D eigenvalue weighted by molar-refractivity contribution is 6.00. The van der Waals surface area contributed by atoms with Crippen molar-refractivity contribution in [1.82, 2.24) is 9.99 Å². The molecular weight excluding hydrogens is 246 g/mol. The minimum Gasteiger partial charge on any atom is -0.358 e. The maximum Gasteiger partial charge on any atom is 0.0567 e. The number of hydrazone groups is 1. The van der Waals surface area contributed by atoms with Crippen LogP contribution >= 0.6 is 0 Å². The van der Waals surface area contributed by atoms with E-state index in [-0.39, 0.29) is 0 Å². The molecule has 0 radical (unpaired) electrons. The summed E-state index contributed by atoms with van der Waals surface area (Å²) >= 11 is 0. The van der Waals surface area contributed by atoms with Crippen molar-refractivity contribution in [3.63, 3.8) is 0 Å². The number of para-hydroxylation sites is 1. The lowest BCUT2D eigenvalue weighted by Crippen LogP contribution is -2.39. The van der Waals surface area contributed by atoms with E-state index in [9.17, 15) is 0 Å². The van der Waals surface area contributed by atoms with E-state index in [4.69, 9.17) is 5.10 Å². The lowest BCUT2D eigenvalue weighted by Gasteiger charge is -2.36. The van der Waals surface area contributed by atoms with Gasteiger partial charge in [0.15, 0.2) is 0 Å². The molecule has 1 aliphatic rings. The van der Waals surface area contributed by atoms with E-state index in [0.29, 0.717) is 12.1 Å². The molecule has 1 N–H and O–H groups in total. The molecule has 1 saturated heterocycles. The van der Waals surface area contributed by atoms with Gasteiger partial charge in [0.25, 0.3) is 0 Å². The first-order valence-corrected chi connectivity index (χ1v) is 7.56. The van der Waals surface area contributed by atoms with E-state index in [1.54, 1.807) is 0 Å². The van der Waals surface area contributed by atoms with Crippen LogP contribution < -0.4 is 0 Å². The number of piperidine rings is 1. The topological polar surface area (TPSA) is 31.4 Å². The van der Waals surface area contributed by atoms with Crippen molar-refractivity contribution in [1.29, 1.82) is 0 Å². The molecule has 2 atom stereocenters. The Balaban J connectivity index is 1.92. The van der Waals surface area contributed by atoms with Crippen molar-refractivity contribution in [3.8, 4) is 0 Å². The number of hydrogen-bond acceptors (Lipinski definition) is 2. The molecule has 2 heterocycles. The fraction of sp³-hybridized carbons (Fsp3) is 0.471. The molecule has 0 amide bonds. The molecule has 0 saturated carbocycles. The van der Waals surface area contributed by atoms with E-state index in [1.165, 1.54) is 41.4 Å². The second-order valence-electron chi connectivity index (χ2n) is 5.96. The van der Waals surface area contributed by atoms with E-state index in [0.717, 1.165) is 0 Å². The predicted molar refractivity (Wildman–Crippen MR) is 85.2 cm³/mol. The Kier molecular flexibility index (Phi) is 3.51. The first-order chi connectivity index (χ1) is 9.66. The van der Waals surface area contributed by atoms with Gasteiger partial charge in [0.2, 0.25) is 0 Å². The average molecular weight is 269 g/mol. The minimum atomic E-state index is 0.542. The third kappa shape index (κ3) is 2.33. The van der Waals surface area contributed by atoms with Crippen molar-refractivity contribution < 1.29 is 0 Å². The molecule has 2 aromatic rings. The maximum absolute atomic E-state index is 4.79. The normalized spacial score (nSPS) is 23.9. The summed E-state index contributed by atoms with van der Waals surface area (Å²) < 4.78 is 0. The highest BCUT2D eigenvalue weighted by atomic mass is 15.5. The summed E-state index contributed by atoms with van der Waals surface area (Å²) in [5.41, 5.74) is 3.59. The lowest BCUT2D eigenvalue weighted by atomic mass is 10.00. The van der Waals surface area contributed by atoms with Crippen LogP contribution in [0.5, 0.6) is 0 Å². The summed E-state index contributed by atoms with van der Waals surface area (Å²) in [4.78, 5) is 3.43. The number of nitrogens with zero attached hydrogens (tertiary/aromatic N) is 2. The number of aromatic amines is 1. The Morgan fingerprint density at radius 1 is 1.20 bits per heavy atom. The highest BCUT2D eigenvalue weighted by Crippen LogP contribution is 2.24. The van der Waals surface area contributed by atoms with Gasteiger partial charge in [-0.25, -0.2) is 0 Å². The molecule has 3 heteroatoms. The number of benzene rings is 1. The second-order valence-corrected chi connectivity index (χ2v) is 5.96. The van der Waals surface area contributed by atoms with E-state index < -0.39 is 0 Å². The molecule has 20 heavy (non-hydrogen) atoms. The molecule has 1 aromatic heterocycles. The van der Waals surface area contributed by atoms with Crippen LogP contribution in [0.2, 0.25) is 0 Å². The summed E-state index contributed by atoms with van der Waals surface area (Å²) in [6.07, 6.45) is 5.84. The molecular formula is C17H23N3. The molecule has 106 valence electrons. The smallest absolute Gasteiger partial charge is 0.0567 e. The Bertz CT molecular complexity index is 616. The zero-order chi connectivity index (χ0) is 14.1. The molecule has 3 nitrogen and oxygen atoms in total. The molecule has 0 bridgehead atoms. The summed E-state index contributed by atoms with van der Waals surface area (Å²) in [5, 5.41) is 8.31. The van der Waals surface area contributed by atoms with Crippen LogP contribution in [0.15, 0.2) is 29.4 Å². The van der Waals surface area contributed by atoms with Crippen LogP contribution in [-0.2, 0) is 0 Å². The van der Waals surface area contributed by atoms with Gasteiger partial charge in [0.05, 0.1) is 6.21 Å². The predicted octanol–water partition coefficient (Wildman–Crippen LogP) is 4.07. The zero-order valence-electron chi connectivity index (χ0n) is 12.6. The summed E-state index contributed by atoms with van der Waals surface area (Å²) in [7, 11) is 0. The molecule has 0 unspecified atom stereocenters. The minimum absolute atomic E-state index is 0.542. The van der Waals surface area contributed by atoms with Gasteiger partial charge in [-0.05, 0) is 46.1 Å². The lowest BCUT2D eigenvalue weighted by molar-refractivity contribution is 0.109. The maximum atomic E-state index is 4.79. The van der Waals surface area contributed by atoms with Crippen LogP contribution in [0.3, 0.4) is 0 Å². The van der Waals surface area contributed by atoms with Gasteiger partial charge in [-0.3, -0.25) is 5.01 Å². The molecule has 1 aromatic carbocycles. The Labute approximate surface area is 120 Å². The Morgan fingerprint density at radius 3 is 2.65 bits per heavy atom. The first kappa shape index (κ1) is 13.2. The monoisotopic (exact) mass is 269 g/mol. The van der Waals surface area contributed by atoms with Crippen LogP contribution in [0, 0.1) is 6.92 Å². The largest absolute Gasteiger partial charge is 0.358 e. The van der Waals surface area contributed by atoms with Crippen molar-refractivity contribution in [3.05, 3.63) is 35.5 Å². The van der Waals surface area contributed by atoms with Crippen LogP contribution in [0.25, 0.3) is 10.9 Å². The highest BCUT2D eigenvalue weighted by Gasteiger charge is 2.22. The van der Waals surface area contributed by atoms with E-state index in [2.05, 4.69) is 55.0 Å². The van der Waals surface area contributed by atoms with E-state index >= 15 is 0 Å². The van der Waals surface area contributed by atoms with E-state index in [1.807, 2.05) is 6.21 Å². The van der Waals surface area contributed by atoms with Crippen LogP contribution in [0.4, 0.5) is 0 Å². The van der Waals surface area contributed by atoms with Gasteiger partial charge in [-0.2, -0.15) is 5.10 Å². The first-order valence-electron chi connectivity index (χ1n) is 7.56. The van der Waals surface area contributed by atoms with Crippen molar-refractivity contribution in [2.45, 2.75) is 52.1 Å². The SMILES string of the molecule is Cc1[nH]c2ccccc2c1/C=N/N1[C@H](C)CCC[C@H]1C. The van der Waals surface area contributed by atoms with Gasteiger partial charge < -0.3 is 4.98 Å². The van der Waals surface area contributed by atoms with Crippen LogP contribution in [0.1, 0.15) is 44.4 Å². The zero-order valence-corrected chi connectivity index (χ0v) is 12.6. The van der Waals surface area contributed by atoms with Gasteiger partial charge in [0.1, 0.15) is 0 Å². The van der Waals surface area contributed by atoms with Gasteiger partial charge in [-0.1, -0.05) is 18.2 Å². The summed E-state index contributed by atoms with van der Waals surface area (Å²) in [6.45, 7) is 6.66. The average Bonchev–Trinajstić information content (AvgIpc) is 2.74. The third-order valence-corrected chi connectivity index (χ3v) is 4.41. The third-order valence-electron chi connectivity index (χ3n) is 4.41. The van der Waals surface area contributed by atoms with Crippen molar-refractivity contribution in [2.75, 3.05) is 0 Å². The number of rotatable bonds is 2. The fourth-order valence-electron chi connectivity index (χ4n) is 3.22. The number of aryl methyl sites for hydroxylation is 1. The number of H-pyrrole nitrogens is 1. The van der Waals surface area contributed by atoms with Crippen molar-refractivity contribution >= 4 is 17.1 Å². The molecule has 0 aliphatic carbocycles.